The van der Waals surface area contributed by atoms with Crippen molar-refractivity contribution in [1.29, 1.82) is 0 Å². The Balaban J connectivity index is 2.28. The van der Waals surface area contributed by atoms with Crippen molar-refractivity contribution in [2.75, 3.05) is 13.1 Å². The number of hydrazine groups is 1. The molecule has 1 unspecified atom stereocenters. The van der Waals surface area contributed by atoms with E-state index in [1.165, 1.54) is 0 Å². The molecule has 64 valence electrons. The molecule has 1 amide bonds. The van der Waals surface area contributed by atoms with E-state index in [1.807, 2.05) is 11.9 Å². The lowest BCUT2D eigenvalue weighted by Gasteiger charge is -2.28. The van der Waals surface area contributed by atoms with Gasteiger partial charge < -0.3 is 5.73 Å². The fraction of sp³-hybridized carbons (Fsp3) is 0.857. The number of hydrogen-bond acceptors (Lipinski definition) is 3. The van der Waals surface area contributed by atoms with Crippen LogP contribution >= 0.6 is 0 Å². The molecule has 1 aliphatic rings. The molecule has 11 heavy (non-hydrogen) atoms. The smallest absolute Gasteiger partial charge is 0.234 e. The maximum Gasteiger partial charge on any atom is 0.234 e. The van der Waals surface area contributed by atoms with Gasteiger partial charge in [0.15, 0.2) is 0 Å². The predicted octanol–water partition coefficient (Wildman–Crippen LogP) is -0.539. The van der Waals surface area contributed by atoms with E-state index in [4.69, 9.17) is 5.73 Å². The van der Waals surface area contributed by atoms with Gasteiger partial charge in [0, 0.05) is 25.6 Å². The average Bonchev–Trinajstić information content (AvgIpc) is 1.85. The number of rotatable bonds is 2. The highest BCUT2D eigenvalue weighted by atomic mass is 16.2. The van der Waals surface area contributed by atoms with Crippen LogP contribution in [0.15, 0.2) is 0 Å². The molecule has 4 heteroatoms. The molecule has 4 nitrogen and oxygen atoms in total. The van der Waals surface area contributed by atoms with Crippen molar-refractivity contribution in [3.8, 4) is 0 Å². The molecule has 0 radical (unpaired) electrons. The summed E-state index contributed by atoms with van der Waals surface area (Å²) < 4.78 is 0. The van der Waals surface area contributed by atoms with Gasteiger partial charge in [-0.3, -0.25) is 10.2 Å². The zero-order chi connectivity index (χ0) is 8.27. The lowest BCUT2D eigenvalue weighted by Crippen LogP contribution is -2.50. The summed E-state index contributed by atoms with van der Waals surface area (Å²) in [4.78, 5) is 10.9. The van der Waals surface area contributed by atoms with Crippen LogP contribution in [0.4, 0.5) is 0 Å². The maximum atomic E-state index is 10.9. The second-order valence-corrected chi connectivity index (χ2v) is 3.06. The number of carbonyl (C=O) groups excluding carboxylic acids is 1. The van der Waals surface area contributed by atoms with Crippen molar-refractivity contribution < 1.29 is 4.79 Å². The van der Waals surface area contributed by atoms with Crippen LogP contribution < -0.4 is 11.2 Å². The van der Waals surface area contributed by atoms with Crippen molar-refractivity contribution in [2.24, 2.45) is 5.73 Å². The van der Waals surface area contributed by atoms with Crippen LogP contribution in [0.5, 0.6) is 0 Å². The van der Waals surface area contributed by atoms with Gasteiger partial charge in [-0.15, -0.1) is 0 Å². The third-order valence-corrected chi connectivity index (χ3v) is 1.62. The largest absolute Gasteiger partial charge is 0.327 e. The van der Waals surface area contributed by atoms with E-state index in [0.29, 0.717) is 6.42 Å². The summed E-state index contributed by atoms with van der Waals surface area (Å²) in [5.74, 6) is 0.108. The van der Waals surface area contributed by atoms with E-state index in [2.05, 4.69) is 5.43 Å². The minimum absolute atomic E-state index is 0.108. The molecular formula is C7H15N3O. The first-order chi connectivity index (χ1) is 5.18. The van der Waals surface area contributed by atoms with Crippen LogP contribution in [0.3, 0.4) is 0 Å². The standard InChI is InChI=1S/C7H15N3O/c1-6(8)5-10-4-2-3-7(11)9-10/h6H,2-5,8H2,1H3,(H,9,11). The summed E-state index contributed by atoms with van der Waals surface area (Å²) in [7, 11) is 0. The van der Waals surface area contributed by atoms with Crippen LogP contribution in [0.1, 0.15) is 19.8 Å². The van der Waals surface area contributed by atoms with Gasteiger partial charge in [-0.25, -0.2) is 5.01 Å². The molecule has 0 aromatic carbocycles. The first-order valence-corrected chi connectivity index (χ1v) is 3.98. The first kappa shape index (κ1) is 8.49. The van der Waals surface area contributed by atoms with Gasteiger partial charge in [0.2, 0.25) is 5.91 Å². The topological polar surface area (TPSA) is 58.4 Å². The summed E-state index contributed by atoms with van der Waals surface area (Å²) in [6.45, 7) is 3.60. The molecule has 1 saturated heterocycles. The summed E-state index contributed by atoms with van der Waals surface area (Å²) in [5.41, 5.74) is 8.34. The SMILES string of the molecule is CC(N)CN1CCCC(=O)N1. The Morgan fingerprint density at radius 1 is 1.82 bits per heavy atom. The average molecular weight is 157 g/mol. The highest BCUT2D eigenvalue weighted by molar-refractivity contribution is 5.75. The highest BCUT2D eigenvalue weighted by Crippen LogP contribution is 2.00. The molecule has 1 atom stereocenters. The summed E-state index contributed by atoms with van der Waals surface area (Å²) in [5, 5.41) is 1.89. The maximum absolute atomic E-state index is 10.9. The van der Waals surface area contributed by atoms with Crippen molar-refractivity contribution >= 4 is 5.91 Å². The van der Waals surface area contributed by atoms with Crippen LogP contribution in [-0.2, 0) is 4.79 Å². The monoisotopic (exact) mass is 157 g/mol. The van der Waals surface area contributed by atoms with Gasteiger partial charge in [0.1, 0.15) is 0 Å². The Bertz CT molecular complexity index is 147. The molecule has 3 N–H and O–H groups in total. The fourth-order valence-corrected chi connectivity index (χ4v) is 1.20. The highest BCUT2D eigenvalue weighted by Gasteiger charge is 2.15. The summed E-state index contributed by atoms with van der Waals surface area (Å²) in [6.07, 6.45) is 1.59. The van der Waals surface area contributed by atoms with Crippen molar-refractivity contribution in [1.82, 2.24) is 10.4 Å². The minimum atomic E-state index is 0.108. The molecule has 0 spiro atoms. The Kier molecular flexibility index (Phi) is 2.84. The van der Waals surface area contributed by atoms with E-state index >= 15 is 0 Å². The Labute approximate surface area is 66.7 Å². The van der Waals surface area contributed by atoms with E-state index < -0.39 is 0 Å². The zero-order valence-corrected chi connectivity index (χ0v) is 6.84. The Morgan fingerprint density at radius 2 is 2.55 bits per heavy atom. The normalized spacial score (nSPS) is 22.9. The number of nitrogens with two attached hydrogens (primary N) is 1. The molecule has 0 aromatic rings. The van der Waals surface area contributed by atoms with Gasteiger partial charge in [0.05, 0.1) is 0 Å². The minimum Gasteiger partial charge on any atom is -0.327 e. The van der Waals surface area contributed by atoms with Crippen molar-refractivity contribution in [2.45, 2.75) is 25.8 Å². The molecule has 0 saturated carbocycles. The number of hydrogen-bond donors (Lipinski definition) is 2. The lowest BCUT2D eigenvalue weighted by molar-refractivity contribution is -0.128. The van der Waals surface area contributed by atoms with Crippen LogP contribution in [-0.4, -0.2) is 30.0 Å². The van der Waals surface area contributed by atoms with Gasteiger partial charge in [-0.05, 0) is 13.3 Å². The number of amides is 1. The number of nitrogens with zero attached hydrogens (tertiary/aromatic N) is 1. The molecule has 1 heterocycles. The van der Waals surface area contributed by atoms with Crippen LogP contribution in [0, 0.1) is 0 Å². The lowest BCUT2D eigenvalue weighted by atomic mass is 10.2. The van der Waals surface area contributed by atoms with Crippen molar-refractivity contribution in [3.63, 3.8) is 0 Å². The molecule has 1 rings (SSSR count). The third kappa shape index (κ3) is 2.86. The van der Waals surface area contributed by atoms with E-state index in [-0.39, 0.29) is 11.9 Å². The van der Waals surface area contributed by atoms with E-state index in [9.17, 15) is 4.79 Å². The fourth-order valence-electron chi connectivity index (χ4n) is 1.20. The molecule has 0 aromatic heterocycles. The summed E-state index contributed by atoms with van der Waals surface area (Å²) in [6, 6.07) is 0.119. The van der Waals surface area contributed by atoms with Gasteiger partial charge in [-0.2, -0.15) is 0 Å². The van der Waals surface area contributed by atoms with Crippen molar-refractivity contribution in [3.05, 3.63) is 0 Å². The van der Waals surface area contributed by atoms with Gasteiger partial charge in [-0.1, -0.05) is 0 Å². The van der Waals surface area contributed by atoms with Gasteiger partial charge in [0.25, 0.3) is 0 Å². The second-order valence-electron chi connectivity index (χ2n) is 3.06. The molecule has 0 aliphatic carbocycles. The van der Waals surface area contributed by atoms with Crippen LogP contribution in [0.2, 0.25) is 0 Å². The number of carbonyl (C=O) groups is 1. The Morgan fingerprint density at radius 3 is 3.09 bits per heavy atom. The molecular weight excluding hydrogens is 142 g/mol. The Hall–Kier alpha value is -0.610. The molecule has 0 bridgehead atoms. The molecule has 1 aliphatic heterocycles. The van der Waals surface area contributed by atoms with E-state index in [1.54, 1.807) is 0 Å². The van der Waals surface area contributed by atoms with Crippen LogP contribution in [0.25, 0.3) is 0 Å². The third-order valence-electron chi connectivity index (χ3n) is 1.62. The first-order valence-electron chi connectivity index (χ1n) is 3.98. The predicted molar refractivity (Wildman–Crippen MR) is 42.6 cm³/mol. The summed E-state index contributed by atoms with van der Waals surface area (Å²) >= 11 is 0. The zero-order valence-electron chi connectivity index (χ0n) is 6.84. The number of nitrogens with one attached hydrogen (secondary N) is 1. The van der Waals surface area contributed by atoms with Gasteiger partial charge >= 0.3 is 0 Å². The quantitative estimate of drug-likeness (QED) is 0.566. The molecule has 1 fully saturated rings. The van der Waals surface area contributed by atoms with E-state index in [0.717, 1.165) is 19.5 Å². The second kappa shape index (κ2) is 3.69.